The summed E-state index contributed by atoms with van der Waals surface area (Å²) >= 11 is 0. The first-order valence-corrected chi connectivity index (χ1v) is 9.56. The van der Waals surface area contributed by atoms with E-state index >= 15 is 0 Å². The molecule has 4 heterocycles. The maximum atomic E-state index is 12.8. The van der Waals surface area contributed by atoms with Gasteiger partial charge in [0.05, 0.1) is 11.3 Å². The fraction of sp³-hybridized carbons (Fsp3) is 0.550. The number of carbonyl (C=O) groups excluding carboxylic acids is 1. The lowest BCUT2D eigenvalue weighted by Gasteiger charge is -2.44. The highest BCUT2D eigenvalue weighted by Gasteiger charge is 2.36. The van der Waals surface area contributed by atoms with Gasteiger partial charge in [-0.15, -0.1) is 12.4 Å². The molecule has 2 saturated heterocycles. The standard InChI is InChI=1S/C20H27N5O.ClH/c1-15-13-16(2)25(23-15)18-4-3-17(14-22-18)19(26)24-11-7-20(8-12-24)5-9-21-10-6-20;/h3-4,13-14,21H,5-12H2,1-2H3;1H. The number of nitrogens with zero attached hydrogens (tertiary/aromatic N) is 4. The molecule has 0 aromatic carbocycles. The smallest absolute Gasteiger partial charge is 0.255 e. The van der Waals surface area contributed by atoms with Crippen LogP contribution in [0.15, 0.2) is 24.4 Å². The second-order valence-electron chi connectivity index (χ2n) is 7.79. The van der Waals surface area contributed by atoms with Crippen molar-refractivity contribution in [1.29, 1.82) is 0 Å². The molecular formula is C20H28ClN5O. The van der Waals surface area contributed by atoms with E-state index in [1.807, 2.05) is 41.6 Å². The number of pyridine rings is 1. The Morgan fingerprint density at radius 3 is 2.37 bits per heavy atom. The molecule has 0 unspecified atom stereocenters. The summed E-state index contributed by atoms with van der Waals surface area (Å²) in [5.41, 5.74) is 3.12. The van der Waals surface area contributed by atoms with Crippen molar-refractivity contribution >= 4 is 18.3 Å². The minimum atomic E-state index is 0. The van der Waals surface area contributed by atoms with E-state index in [0.29, 0.717) is 11.0 Å². The Labute approximate surface area is 166 Å². The number of halogens is 1. The third kappa shape index (κ3) is 4.01. The van der Waals surface area contributed by atoms with E-state index in [2.05, 4.69) is 15.4 Å². The van der Waals surface area contributed by atoms with Gasteiger partial charge in [0.2, 0.25) is 0 Å². The molecule has 2 fully saturated rings. The molecular weight excluding hydrogens is 362 g/mol. The summed E-state index contributed by atoms with van der Waals surface area (Å²) in [6, 6.07) is 5.77. The minimum Gasteiger partial charge on any atom is -0.339 e. The van der Waals surface area contributed by atoms with Gasteiger partial charge < -0.3 is 10.2 Å². The summed E-state index contributed by atoms with van der Waals surface area (Å²) in [5, 5.41) is 7.89. The van der Waals surface area contributed by atoms with Crippen molar-refractivity contribution in [3.8, 4) is 5.82 Å². The number of amides is 1. The van der Waals surface area contributed by atoms with Crippen molar-refractivity contribution in [3.05, 3.63) is 41.3 Å². The molecule has 4 rings (SSSR count). The average Bonchev–Trinajstić information content (AvgIpc) is 3.01. The van der Waals surface area contributed by atoms with Crippen molar-refractivity contribution in [2.24, 2.45) is 5.41 Å². The number of piperidine rings is 2. The van der Waals surface area contributed by atoms with Gasteiger partial charge in [0.15, 0.2) is 5.82 Å². The fourth-order valence-corrected chi connectivity index (χ4v) is 4.32. The molecule has 27 heavy (non-hydrogen) atoms. The molecule has 0 atom stereocenters. The van der Waals surface area contributed by atoms with Gasteiger partial charge in [0.25, 0.3) is 5.91 Å². The molecule has 2 aliphatic rings. The van der Waals surface area contributed by atoms with Crippen LogP contribution in [0.25, 0.3) is 5.82 Å². The zero-order chi connectivity index (χ0) is 18.1. The van der Waals surface area contributed by atoms with Gasteiger partial charge in [-0.05, 0) is 76.2 Å². The Bertz CT molecular complexity index is 785. The van der Waals surface area contributed by atoms with Crippen LogP contribution in [0.5, 0.6) is 0 Å². The summed E-state index contributed by atoms with van der Waals surface area (Å²) in [7, 11) is 0. The van der Waals surface area contributed by atoms with E-state index in [-0.39, 0.29) is 18.3 Å². The molecule has 2 aromatic heterocycles. The summed E-state index contributed by atoms with van der Waals surface area (Å²) < 4.78 is 1.81. The molecule has 6 nitrogen and oxygen atoms in total. The number of aryl methyl sites for hydroxylation is 2. The summed E-state index contributed by atoms with van der Waals surface area (Å²) in [6.07, 6.45) is 6.42. The summed E-state index contributed by atoms with van der Waals surface area (Å²) in [6.45, 7) is 7.92. The maximum Gasteiger partial charge on any atom is 0.255 e. The first-order chi connectivity index (χ1) is 12.6. The highest BCUT2D eigenvalue weighted by molar-refractivity contribution is 5.94. The first-order valence-electron chi connectivity index (χ1n) is 9.56. The quantitative estimate of drug-likeness (QED) is 0.857. The van der Waals surface area contributed by atoms with Crippen LogP contribution in [0.4, 0.5) is 0 Å². The van der Waals surface area contributed by atoms with Crippen LogP contribution < -0.4 is 5.32 Å². The Kier molecular flexibility index (Phi) is 5.86. The number of carbonyl (C=O) groups is 1. The van der Waals surface area contributed by atoms with Gasteiger partial charge in [-0.3, -0.25) is 4.79 Å². The highest BCUT2D eigenvalue weighted by Crippen LogP contribution is 2.39. The van der Waals surface area contributed by atoms with Crippen molar-refractivity contribution in [1.82, 2.24) is 25.0 Å². The van der Waals surface area contributed by atoms with Gasteiger partial charge in [-0.1, -0.05) is 0 Å². The minimum absolute atomic E-state index is 0. The van der Waals surface area contributed by atoms with Gasteiger partial charge >= 0.3 is 0 Å². The SMILES string of the molecule is Cc1cc(C)n(-c2ccc(C(=O)N3CCC4(CCNCC4)CC3)cn2)n1.Cl. The molecule has 0 aliphatic carbocycles. The average molecular weight is 390 g/mol. The second kappa shape index (κ2) is 7.98. The van der Waals surface area contributed by atoms with Gasteiger partial charge in [0, 0.05) is 25.0 Å². The lowest BCUT2D eigenvalue weighted by atomic mass is 9.71. The van der Waals surface area contributed by atoms with E-state index < -0.39 is 0 Å². The van der Waals surface area contributed by atoms with Crippen LogP contribution >= 0.6 is 12.4 Å². The number of hydrogen-bond donors (Lipinski definition) is 1. The molecule has 2 aliphatic heterocycles. The molecule has 0 saturated carbocycles. The summed E-state index contributed by atoms with van der Waals surface area (Å²) in [5.74, 6) is 0.848. The summed E-state index contributed by atoms with van der Waals surface area (Å²) in [4.78, 5) is 19.3. The highest BCUT2D eigenvalue weighted by atomic mass is 35.5. The number of nitrogens with one attached hydrogen (secondary N) is 1. The van der Waals surface area contributed by atoms with E-state index in [0.717, 1.165) is 56.2 Å². The second-order valence-corrected chi connectivity index (χ2v) is 7.79. The van der Waals surface area contributed by atoms with E-state index in [9.17, 15) is 4.79 Å². The Morgan fingerprint density at radius 2 is 1.81 bits per heavy atom. The third-order valence-electron chi connectivity index (χ3n) is 6.00. The zero-order valence-electron chi connectivity index (χ0n) is 16.1. The van der Waals surface area contributed by atoms with E-state index in [1.54, 1.807) is 6.20 Å². The zero-order valence-corrected chi connectivity index (χ0v) is 16.9. The Balaban J connectivity index is 0.00000210. The van der Waals surface area contributed by atoms with Gasteiger partial charge in [0.1, 0.15) is 0 Å². The molecule has 1 spiro atoms. The number of hydrogen-bond acceptors (Lipinski definition) is 4. The predicted molar refractivity (Wildman–Crippen MR) is 108 cm³/mol. The molecule has 2 aromatic rings. The van der Waals surface area contributed by atoms with Crippen LogP contribution in [0, 0.1) is 19.3 Å². The van der Waals surface area contributed by atoms with Gasteiger partial charge in [-0.25, -0.2) is 9.67 Å². The maximum absolute atomic E-state index is 12.8. The first kappa shape index (κ1) is 19.8. The molecule has 1 amide bonds. The van der Waals surface area contributed by atoms with E-state index in [1.165, 1.54) is 12.8 Å². The molecule has 1 N–H and O–H groups in total. The third-order valence-corrected chi connectivity index (χ3v) is 6.00. The number of likely N-dealkylation sites (tertiary alicyclic amines) is 1. The molecule has 0 radical (unpaired) electrons. The Morgan fingerprint density at radius 1 is 1.11 bits per heavy atom. The number of rotatable bonds is 2. The largest absolute Gasteiger partial charge is 0.339 e. The van der Waals surface area contributed by atoms with Crippen LogP contribution in [0.3, 0.4) is 0 Å². The van der Waals surface area contributed by atoms with Crippen molar-refractivity contribution in [2.75, 3.05) is 26.2 Å². The monoisotopic (exact) mass is 389 g/mol. The lowest BCUT2D eigenvalue weighted by molar-refractivity contribution is 0.0495. The van der Waals surface area contributed by atoms with Crippen LogP contribution in [-0.4, -0.2) is 51.8 Å². The van der Waals surface area contributed by atoms with Crippen LogP contribution in [0.2, 0.25) is 0 Å². The fourth-order valence-electron chi connectivity index (χ4n) is 4.32. The molecule has 7 heteroatoms. The van der Waals surface area contributed by atoms with Crippen LogP contribution in [0.1, 0.15) is 47.4 Å². The number of aromatic nitrogens is 3. The van der Waals surface area contributed by atoms with Crippen LogP contribution in [-0.2, 0) is 0 Å². The lowest BCUT2D eigenvalue weighted by Crippen LogP contribution is -2.47. The Hall–Kier alpha value is -1.92. The van der Waals surface area contributed by atoms with Crippen molar-refractivity contribution < 1.29 is 4.79 Å². The topological polar surface area (TPSA) is 63.1 Å². The van der Waals surface area contributed by atoms with Crippen molar-refractivity contribution in [2.45, 2.75) is 39.5 Å². The van der Waals surface area contributed by atoms with Gasteiger partial charge in [-0.2, -0.15) is 5.10 Å². The predicted octanol–water partition coefficient (Wildman–Crippen LogP) is 2.91. The molecule has 0 bridgehead atoms. The van der Waals surface area contributed by atoms with E-state index in [4.69, 9.17) is 0 Å². The van der Waals surface area contributed by atoms with Crippen molar-refractivity contribution in [3.63, 3.8) is 0 Å². The normalized spacial score (nSPS) is 19.0. The molecule has 146 valence electrons.